The van der Waals surface area contributed by atoms with Gasteiger partial charge in [-0.05, 0) is 25.5 Å². The number of anilines is 1. The van der Waals surface area contributed by atoms with Gasteiger partial charge in [0.25, 0.3) is 0 Å². The Labute approximate surface area is 124 Å². The quantitative estimate of drug-likeness (QED) is 0.717. The molecule has 0 saturated heterocycles. The summed E-state index contributed by atoms with van der Waals surface area (Å²) < 4.78 is 18.0. The molecule has 0 unspecified atom stereocenters. The van der Waals surface area contributed by atoms with Gasteiger partial charge in [-0.1, -0.05) is 6.07 Å². The molecule has 6 nitrogen and oxygen atoms in total. The molecule has 1 aromatic carbocycles. The number of aromatic nitrogens is 2. The molecule has 0 bridgehead atoms. The third-order valence-electron chi connectivity index (χ3n) is 3.17. The summed E-state index contributed by atoms with van der Waals surface area (Å²) in [4.78, 5) is 4.41. The highest BCUT2D eigenvalue weighted by molar-refractivity contribution is 5.84. The Hall–Kier alpha value is -1.79. The first-order valence-corrected chi connectivity index (χ1v) is 7.22. The van der Waals surface area contributed by atoms with E-state index in [1.54, 1.807) is 7.11 Å². The molecule has 2 N–H and O–H groups in total. The number of para-hydroxylation sites is 1. The number of imidazole rings is 1. The van der Waals surface area contributed by atoms with Crippen LogP contribution in [0.5, 0.6) is 5.75 Å². The molecule has 21 heavy (non-hydrogen) atoms. The van der Waals surface area contributed by atoms with Gasteiger partial charge in [-0.25, -0.2) is 4.98 Å². The first kappa shape index (κ1) is 15.6. The lowest BCUT2D eigenvalue weighted by Crippen LogP contribution is -2.08. The number of rotatable bonds is 9. The van der Waals surface area contributed by atoms with Crippen LogP contribution in [-0.2, 0) is 16.0 Å². The maximum Gasteiger partial charge on any atom is 0.201 e. The summed E-state index contributed by atoms with van der Waals surface area (Å²) in [5.74, 6) is 1.28. The molecule has 116 valence electrons. The fraction of sp³-hybridized carbons (Fsp3) is 0.533. The summed E-state index contributed by atoms with van der Waals surface area (Å²) >= 11 is 0. The minimum atomic E-state index is 0.508. The van der Waals surface area contributed by atoms with Crippen molar-refractivity contribution in [1.29, 1.82) is 0 Å². The molecule has 0 fully saturated rings. The van der Waals surface area contributed by atoms with Gasteiger partial charge in [0.05, 0.1) is 25.3 Å². The SMILES string of the molecule is CCOc1cccc2c1nc(N)n2CCCOCCOC. The Morgan fingerprint density at radius 2 is 2.10 bits per heavy atom. The van der Waals surface area contributed by atoms with Crippen LogP contribution in [0, 0.1) is 0 Å². The van der Waals surface area contributed by atoms with E-state index in [0.717, 1.165) is 29.7 Å². The molecule has 1 aromatic heterocycles. The molecule has 2 rings (SSSR count). The standard InChI is InChI=1S/C15H23N3O3/c1-3-21-13-7-4-6-12-14(13)17-15(16)18(12)8-5-9-20-11-10-19-2/h4,6-7H,3,5,8-11H2,1-2H3,(H2,16,17). The molecule has 0 radical (unpaired) electrons. The van der Waals surface area contributed by atoms with Gasteiger partial charge in [-0.15, -0.1) is 0 Å². The monoisotopic (exact) mass is 293 g/mol. The number of nitrogens with two attached hydrogens (primary N) is 1. The number of ether oxygens (including phenoxy) is 3. The molecule has 0 saturated carbocycles. The molecule has 0 aliphatic rings. The third kappa shape index (κ3) is 3.86. The van der Waals surface area contributed by atoms with Gasteiger partial charge in [0.2, 0.25) is 5.95 Å². The summed E-state index contributed by atoms with van der Waals surface area (Å²) in [6.45, 7) is 5.24. The second kappa shape index (κ2) is 7.85. The van der Waals surface area contributed by atoms with Crippen LogP contribution >= 0.6 is 0 Å². The topological polar surface area (TPSA) is 71.5 Å². The predicted molar refractivity (Wildman–Crippen MR) is 82.6 cm³/mol. The van der Waals surface area contributed by atoms with Gasteiger partial charge in [0.1, 0.15) is 11.3 Å². The van der Waals surface area contributed by atoms with Crippen LogP contribution < -0.4 is 10.5 Å². The normalized spacial score (nSPS) is 11.1. The Bertz CT molecular complexity index is 569. The Morgan fingerprint density at radius 1 is 1.24 bits per heavy atom. The predicted octanol–water partition coefficient (Wildman–Crippen LogP) is 2.07. The minimum Gasteiger partial charge on any atom is -0.492 e. The molecular formula is C15H23N3O3. The van der Waals surface area contributed by atoms with Crippen LogP contribution in [0.15, 0.2) is 18.2 Å². The molecular weight excluding hydrogens is 270 g/mol. The molecule has 0 aliphatic carbocycles. The van der Waals surface area contributed by atoms with Gasteiger partial charge >= 0.3 is 0 Å². The van der Waals surface area contributed by atoms with Crippen molar-refractivity contribution in [2.45, 2.75) is 19.9 Å². The van der Waals surface area contributed by atoms with E-state index in [4.69, 9.17) is 19.9 Å². The van der Waals surface area contributed by atoms with E-state index in [2.05, 4.69) is 4.98 Å². The summed E-state index contributed by atoms with van der Waals surface area (Å²) in [5, 5.41) is 0. The van der Waals surface area contributed by atoms with Crippen LogP contribution in [0.1, 0.15) is 13.3 Å². The van der Waals surface area contributed by atoms with Crippen LogP contribution in [0.4, 0.5) is 5.95 Å². The van der Waals surface area contributed by atoms with Gasteiger partial charge in [0, 0.05) is 20.3 Å². The maximum absolute atomic E-state index is 6.02. The average molecular weight is 293 g/mol. The fourth-order valence-corrected chi connectivity index (χ4v) is 2.22. The lowest BCUT2D eigenvalue weighted by molar-refractivity contribution is 0.0682. The number of fused-ring (bicyclic) bond motifs is 1. The van der Waals surface area contributed by atoms with Gasteiger partial charge < -0.3 is 24.5 Å². The lowest BCUT2D eigenvalue weighted by Gasteiger charge is -2.08. The second-order valence-corrected chi connectivity index (χ2v) is 4.64. The first-order chi connectivity index (χ1) is 10.3. The van der Waals surface area contributed by atoms with Crippen molar-refractivity contribution in [3.63, 3.8) is 0 Å². The highest BCUT2D eigenvalue weighted by Crippen LogP contribution is 2.27. The number of methoxy groups -OCH3 is 1. The third-order valence-corrected chi connectivity index (χ3v) is 3.17. The van der Waals surface area contributed by atoms with Crippen molar-refractivity contribution >= 4 is 17.0 Å². The van der Waals surface area contributed by atoms with Crippen LogP contribution in [0.3, 0.4) is 0 Å². The van der Waals surface area contributed by atoms with Crippen LogP contribution in [0.2, 0.25) is 0 Å². The zero-order chi connectivity index (χ0) is 15.1. The number of hydrogen-bond donors (Lipinski definition) is 1. The molecule has 6 heteroatoms. The van der Waals surface area contributed by atoms with Gasteiger partial charge in [-0.3, -0.25) is 0 Å². The number of aryl methyl sites for hydroxylation is 1. The molecule has 0 spiro atoms. The molecule has 0 amide bonds. The fourth-order valence-electron chi connectivity index (χ4n) is 2.22. The van der Waals surface area contributed by atoms with E-state index >= 15 is 0 Å². The summed E-state index contributed by atoms with van der Waals surface area (Å²) in [6.07, 6.45) is 0.873. The first-order valence-electron chi connectivity index (χ1n) is 7.22. The second-order valence-electron chi connectivity index (χ2n) is 4.64. The van der Waals surface area contributed by atoms with E-state index in [9.17, 15) is 0 Å². The summed E-state index contributed by atoms with van der Waals surface area (Å²) in [5.41, 5.74) is 7.83. The van der Waals surface area contributed by atoms with Crippen molar-refractivity contribution in [2.75, 3.05) is 39.3 Å². The number of nitrogens with zero attached hydrogens (tertiary/aromatic N) is 2. The largest absolute Gasteiger partial charge is 0.492 e. The van der Waals surface area contributed by atoms with E-state index in [1.807, 2.05) is 29.7 Å². The average Bonchev–Trinajstić information content (AvgIpc) is 2.80. The van der Waals surface area contributed by atoms with E-state index in [-0.39, 0.29) is 0 Å². The maximum atomic E-state index is 6.02. The Balaban J connectivity index is 2.02. The molecule has 0 atom stereocenters. The number of hydrogen-bond acceptors (Lipinski definition) is 5. The highest BCUT2D eigenvalue weighted by atomic mass is 16.5. The summed E-state index contributed by atoms with van der Waals surface area (Å²) in [7, 11) is 1.66. The molecule has 0 aliphatic heterocycles. The zero-order valence-corrected chi connectivity index (χ0v) is 12.7. The van der Waals surface area contributed by atoms with Crippen molar-refractivity contribution in [3.05, 3.63) is 18.2 Å². The number of nitrogen functional groups attached to an aromatic ring is 1. The summed E-state index contributed by atoms with van der Waals surface area (Å²) in [6, 6.07) is 5.88. The van der Waals surface area contributed by atoms with Crippen molar-refractivity contribution in [3.8, 4) is 5.75 Å². The number of benzene rings is 1. The molecule has 2 aromatic rings. The lowest BCUT2D eigenvalue weighted by atomic mass is 10.3. The zero-order valence-electron chi connectivity index (χ0n) is 12.7. The van der Waals surface area contributed by atoms with Gasteiger partial charge in [-0.2, -0.15) is 0 Å². The minimum absolute atomic E-state index is 0.508. The Kier molecular flexibility index (Phi) is 5.83. The van der Waals surface area contributed by atoms with E-state index < -0.39 is 0 Å². The van der Waals surface area contributed by atoms with E-state index in [1.165, 1.54) is 0 Å². The van der Waals surface area contributed by atoms with Crippen LogP contribution in [0.25, 0.3) is 11.0 Å². The van der Waals surface area contributed by atoms with E-state index in [0.29, 0.717) is 32.4 Å². The highest BCUT2D eigenvalue weighted by Gasteiger charge is 2.11. The Morgan fingerprint density at radius 3 is 2.86 bits per heavy atom. The molecule has 1 heterocycles. The van der Waals surface area contributed by atoms with Crippen molar-refractivity contribution < 1.29 is 14.2 Å². The smallest absolute Gasteiger partial charge is 0.201 e. The van der Waals surface area contributed by atoms with Gasteiger partial charge in [0.15, 0.2) is 0 Å². The van der Waals surface area contributed by atoms with Crippen LogP contribution in [-0.4, -0.2) is 43.1 Å². The van der Waals surface area contributed by atoms with Crippen molar-refractivity contribution in [2.24, 2.45) is 0 Å². The van der Waals surface area contributed by atoms with Crippen molar-refractivity contribution in [1.82, 2.24) is 9.55 Å².